The lowest BCUT2D eigenvalue weighted by molar-refractivity contribution is 0.257. The summed E-state index contributed by atoms with van der Waals surface area (Å²) >= 11 is 6.29. The van der Waals surface area contributed by atoms with Crippen LogP contribution in [0.5, 0.6) is 0 Å². The van der Waals surface area contributed by atoms with E-state index in [0.717, 1.165) is 31.0 Å². The molecule has 1 aromatic heterocycles. The first-order valence-corrected chi connectivity index (χ1v) is 6.58. The summed E-state index contributed by atoms with van der Waals surface area (Å²) in [7, 11) is 4.21. The summed E-state index contributed by atoms with van der Waals surface area (Å²) in [6, 6.07) is 0.534. The normalized spacial score (nSPS) is 20.5. The topological polar surface area (TPSA) is 58.3 Å². The van der Waals surface area contributed by atoms with Crippen LogP contribution in [-0.2, 0) is 0 Å². The fourth-order valence-electron chi connectivity index (χ4n) is 2.34. The van der Waals surface area contributed by atoms with Crippen LogP contribution in [0.2, 0.25) is 5.02 Å². The molecule has 6 heteroatoms. The minimum Gasteiger partial charge on any atom is -0.368 e. The zero-order valence-electron chi connectivity index (χ0n) is 11.1. The van der Waals surface area contributed by atoms with Crippen molar-refractivity contribution in [1.29, 1.82) is 0 Å². The Morgan fingerprint density at radius 2 is 2.11 bits per heavy atom. The van der Waals surface area contributed by atoms with Crippen LogP contribution in [0.25, 0.3) is 0 Å². The number of aromatic nitrogens is 2. The first-order chi connectivity index (χ1) is 8.49. The molecule has 0 spiro atoms. The molecule has 0 aliphatic carbocycles. The van der Waals surface area contributed by atoms with Gasteiger partial charge in [-0.05, 0) is 33.9 Å². The van der Waals surface area contributed by atoms with E-state index in [-0.39, 0.29) is 0 Å². The Morgan fingerprint density at radius 3 is 2.78 bits per heavy atom. The summed E-state index contributed by atoms with van der Waals surface area (Å²) in [5, 5.41) is 0.614. The van der Waals surface area contributed by atoms with Crippen LogP contribution in [-0.4, -0.2) is 48.1 Å². The maximum atomic E-state index is 6.29. The first-order valence-electron chi connectivity index (χ1n) is 6.20. The Kier molecular flexibility index (Phi) is 3.92. The molecule has 0 radical (unpaired) electrons. The number of piperidine rings is 1. The highest BCUT2D eigenvalue weighted by molar-refractivity contribution is 6.33. The Labute approximate surface area is 113 Å². The van der Waals surface area contributed by atoms with Crippen LogP contribution in [0, 0.1) is 6.92 Å². The van der Waals surface area contributed by atoms with Crippen LogP contribution in [0.4, 0.5) is 11.8 Å². The van der Waals surface area contributed by atoms with E-state index in [1.54, 1.807) is 0 Å². The molecule has 1 aliphatic rings. The molecule has 1 atom stereocenters. The smallest absolute Gasteiger partial charge is 0.222 e. The summed E-state index contributed by atoms with van der Waals surface area (Å²) in [6.07, 6.45) is 2.35. The van der Waals surface area contributed by atoms with E-state index in [2.05, 4.69) is 33.9 Å². The van der Waals surface area contributed by atoms with Crippen LogP contribution in [0.1, 0.15) is 18.5 Å². The van der Waals surface area contributed by atoms with Crippen LogP contribution in [0.15, 0.2) is 0 Å². The third kappa shape index (κ3) is 2.67. The summed E-state index contributed by atoms with van der Waals surface area (Å²) in [6.45, 7) is 3.76. The third-order valence-electron chi connectivity index (χ3n) is 3.44. The van der Waals surface area contributed by atoms with Crippen molar-refractivity contribution in [2.75, 3.05) is 37.8 Å². The van der Waals surface area contributed by atoms with Gasteiger partial charge >= 0.3 is 0 Å². The lowest BCUT2D eigenvalue weighted by Crippen LogP contribution is -2.45. The molecule has 100 valence electrons. The second-order valence-corrected chi connectivity index (χ2v) is 5.39. The van der Waals surface area contributed by atoms with E-state index < -0.39 is 0 Å². The molecular formula is C12H20ClN5. The molecule has 0 amide bonds. The number of nitrogens with zero attached hydrogens (tertiary/aromatic N) is 4. The van der Waals surface area contributed by atoms with Gasteiger partial charge < -0.3 is 15.5 Å². The quantitative estimate of drug-likeness (QED) is 0.883. The molecule has 1 aromatic rings. The van der Waals surface area contributed by atoms with E-state index in [0.29, 0.717) is 17.0 Å². The number of rotatable bonds is 2. The van der Waals surface area contributed by atoms with Gasteiger partial charge in [0, 0.05) is 19.1 Å². The Balaban J connectivity index is 2.26. The highest BCUT2D eigenvalue weighted by atomic mass is 35.5. The van der Waals surface area contributed by atoms with Gasteiger partial charge in [0.25, 0.3) is 0 Å². The number of likely N-dealkylation sites (N-methyl/N-ethyl adjacent to an activating group) is 1. The fraction of sp³-hybridized carbons (Fsp3) is 0.667. The van der Waals surface area contributed by atoms with Crippen molar-refractivity contribution in [3.8, 4) is 0 Å². The molecular weight excluding hydrogens is 250 g/mol. The molecule has 1 aliphatic heterocycles. The lowest BCUT2D eigenvalue weighted by atomic mass is 10.0. The van der Waals surface area contributed by atoms with E-state index >= 15 is 0 Å². The molecule has 0 aromatic carbocycles. The fourth-order valence-corrected chi connectivity index (χ4v) is 2.55. The Morgan fingerprint density at radius 1 is 1.39 bits per heavy atom. The van der Waals surface area contributed by atoms with E-state index in [9.17, 15) is 0 Å². The second kappa shape index (κ2) is 5.28. The van der Waals surface area contributed by atoms with Crippen molar-refractivity contribution < 1.29 is 0 Å². The Bertz CT molecular complexity index is 435. The van der Waals surface area contributed by atoms with Crippen molar-refractivity contribution in [2.24, 2.45) is 0 Å². The van der Waals surface area contributed by atoms with Gasteiger partial charge in [-0.15, -0.1) is 0 Å². The number of aryl methyl sites for hydroxylation is 1. The number of halogens is 1. The van der Waals surface area contributed by atoms with Crippen molar-refractivity contribution >= 4 is 23.4 Å². The number of hydrogen-bond donors (Lipinski definition) is 1. The summed E-state index contributed by atoms with van der Waals surface area (Å²) < 4.78 is 0. The van der Waals surface area contributed by atoms with Crippen LogP contribution >= 0.6 is 11.6 Å². The molecule has 0 saturated carbocycles. The average molecular weight is 270 g/mol. The molecule has 2 N–H and O–H groups in total. The van der Waals surface area contributed by atoms with Crippen molar-refractivity contribution in [3.05, 3.63) is 10.7 Å². The largest absolute Gasteiger partial charge is 0.368 e. The molecule has 2 heterocycles. The van der Waals surface area contributed by atoms with E-state index in [1.807, 2.05) is 6.92 Å². The minimum absolute atomic E-state index is 0.291. The van der Waals surface area contributed by atoms with E-state index in [4.69, 9.17) is 17.3 Å². The zero-order valence-corrected chi connectivity index (χ0v) is 11.9. The molecule has 1 fully saturated rings. The van der Waals surface area contributed by atoms with Gasteiger partial charge in [0.05, 0.1) is 5.69 Å². The summed E-state index contributed by atoms with van der Waals surface area (Å²) in [4.78, 5) is 12.8. The van der Waals surface area contributed by atoms with Gasteiger partial charge in [0.1, 0.15) is 5.02 Å². The first kappa shape index (κ1) is 13.4. The highest BCUT2D eigenvalue weighted by Gasteiger charge is 2.24. The summed E-state index contributed by atoms with van der Waals surface area (Å²) in [5.41, 5.74) is 6.45. The molecule has 1 saturated heterocycles. The SMILES string of the molecule is Cc1nc(N)nc(N2CCCC(N(C)C)C2)c1Cl. The number of anilines is 2. The zero-order chi connectivity index (χ0) is 13.3. The maximum absolute atomic E-state index is 6.29. The molecule has 0 bridgehead atoms. The Hall–Kier alpha value is -1.07. The van der Waals surface area contributed by atoms with Crippen molar-refractivity contribution in [1.82, 2.24) is 14.9 Å². The maximum Gasteiger partial charge on any atom is 0.222 e. The highest BCUT2D eigenvalue weighted by Crippen LogP contribution is 2.29. The molecule has 1 unspecified atom stereocenters. The van der Waals surface area contributed by atoms with Crippen LogP contribution in [0.3, 0.4) is 0 Å². The predicted molar refractivity (Wildman–Crippen MR) is 75.1 cm³/mol. The van der Waals surface area contributed by atoms with Crippen molar-refractivity contribution in [2.45, 2.75) is 25.8 Å². The lowest BCUT2D eigenvalue weighted by Gasteiger charge is -2.37. The van der Waals surface area contributed by atoms with Crippen LogP contribution < -0.4 is 10.6 Å². The average Bonchev–Trinajstić information content (AvgIpc) is 2.34. The predicted octanol–water partition coefficient (Wildman–Crippen LogP) is 1.55. The number of nitrogens with two attached hydrogens (primary N) is 1. The molecule has 2 rings (SSSR count). The van der Waals surface area contributed by atoms with Gasteiger partial charge in [-0.3, -0.25) is 0 Å². The molecule has 5 nitrogen and oxygen atoms in total. The third-order valence-corrected chi connectivity index (χ3v) is 3.89. The van der Waals surface area contributed by atoms with E-state index in [1.165, 1.54) is 6.42 Å². The summed E-state index contributed by atoms with van der Waals surface area (Å²) in [5.74, 6) is 1.06. The number of nitrogen functional groups attached to an aromatic ring is 1. The van der Waals surface area contributed by atoms with Gasteiger partial charge in [-0.2, -0.15) is 4.98 Å². The second-order valence-electron chi connectivity index (χ2n) is 5.01. The standard InChI is InChI=1S/C12H20ClN5/c1-8-10(13)11(16-12(14)15-8)18-6-4-5-9(7-18)17(2)3/h9H,4-7H2,1-3H3,(H2,14,15,16). The minimum atomic E-state index is 0.291. The van der Waals surface area contributed by atoms with Gasteiger partial charge in [0.15, 0.2) is 5.82 Å². The van der Waals surface area contributed by atoms with Gasteiger partial charge in [0.2, 0.25) is 5.95 Å². The molecule has 18 heavy (non-hydrogen) atoms. The number of hydrogen-bond acceptors (Lipinski definition) is 5. The van der Waals surface area contributed by atoms with Gasteiger partial charge in [-0.1, -0.05) is 11.6 Å². The monoisotopic (exact) mass is 269 g/mol. The van der Waals surface area contributed by atoms with Crippen molar-refractivity contribution in [3.63, 3.8) is 0 Å². The van der Waals surface area contributed by atoms with Gasteiger partial charge in [-0.25, -0.2) is 4.98 Å².